The molecular formula is C14H15F2N3O3. The number of hydrogen-bond donors (Lipinski definition) is 3. The van der Waals surface area contributed by atoms with Crippen LogP contribution in [0.1, 0.15) is 20.8 Å². The SMILES string of the molecule is CC(C)(C)OC(=O)Nc1[nH][nH]c(=O)c1-c1ccc(F)c(F)c1. The molecule has 118 valence electrons. The van der Waals surface area contributed by atoms with Gasteiger partial charge in [-0.1, -0.05) is 6.07 Å². The predicted octanol–water partition coefficient (Wildman–Crippen LogP) is 3.00. The fourth-order valence-corrected chi connectivity index (χ4v) is 1.78. The molecule has 22 heavy (non-hydrogen) atoms. The van der Waals surface area contributed by atoms with E-state index in [-0.39, 0.29) is 16.9 Å². The van der Waals surface area contributed by atoms with Crippen LogP contribution in [0.4, 0.5) is 19.4 Å². The number of anilines is 1. The smallest absolute Gasteiger partial charge is 0.413 e. The van der Waals surface area contributed by atoms with Crippen LogP contribution in [-0.4, -0.2) is 21.9 Å². The minimum atomic E-state index is -1.10. The zero-order valence-corrected chi connectivity index (χ0v) is 12.2. The van der Waals surface area contributed by atoms with E-state index < -0.39 is 28.9 Å². The Labute approximate surface area is 124 Å². The Morgan fingerprint density at radius 3 is 2.45 bits per heavy atom. The maximum Gasteiger partial charge on any atom is 0.413 e. The van der Waals surface area contributed by atoms with Gasteiger partial charge in [-0.15, -0.1) is 0 Å². The lowest BCUT2D eigenvalue weighted by atomic mass is 10.1. The first-order valence-corrected chi connectivity index (χ1v) is 6.43. The second kappa shape index (κ2) is 5.63. The van der Waals surface area contributed by atoms with Crippen LogP contribution in [0.2, 0.25) is 0 Å². The van der Waals surface area contributed by atoms with Gasteiger partial charge in [-0.2, -0.15) is 0 Å². The summed E-state index contributed by atoms with van der Waals surface area (Å²) in [7, 11) is 0. The van der Waals surface area contributed by atoms with Crippen LogP contribution in [-0.2, 0) is 4.74 Å². The van der Waals surface area contributed by atoms with Gasteiger partial charge in [0, 0.05) is 0 Å². The summed E-state index contributed by atoms with van der Waals surface area (Å²) in [6.07, 6.45) is -0.786. The maximum atomic E-state index is 13.3. The van der Waals surface area contributed by atoms with Crippen molar-refractivity contribution in [3.05, 3.63) is 40.2 Å². The zero-order chi connectivity index (χ0) is 16.5. The maximum absolute atomic E-state index is 13.3. The molecule has 2 aromatic rings. The first-order valence-electron chi connectivity index (χ1n) is 6.43. The van der Waals surface area contributed by atoms with Crippen molar-refractivity contribution in [2.75, 3.05) is 5.32 Å². The molecule has 0 fully saturated rings. The summed E-state index contributed by atoms with van der Waals surface area (Å²) in [5.41, 5.74) is -1.21. The molecular weight excluding hydrogens is 296 g/mol. The lowest BCUT2D eigenvalue weighted by molar-refractivity contribution is 0.0635. The van der Waals surface area contributed by atoms with Crippen molar-refractivity contribution in [3.8, 4) is 11.1 Å². The molecule has 0 radical (unpaired) electrons. The Kier molecular flexibility index (Phi) is 4.03. The zero-order valence-electron chi connectivity index (χ0n) is 12.2. The topological polar surface area (TPSA) is 87.0 Å². The van der Waals surface area contributed by atoms with Crippen LogP contribution in [0.5, 0.6) is 0 Å². The van der Waals surface area contributed by atoms with Crippen LogP contribution in [0.3, 0.4) is 0 Å². The molecule has 1 amide bonds. The summed E-state index contributed by atoms with van der Waals surface area (Å²) in [4.78, 5) is 23.5. The van der Waals surface area contributed by atoms with Crippen molar-refractivity contribution in [1.82, 2.24) is 10.2 Å². The summed E-state index contributed by atoms with van der Waals surface area (Å²) >= 11 is 0. The number of H-pyrrole nitrogens is 2. The fourth-order valence-electron chi connectivity index (χ4n) is 1.78. The third-order valence-electron chi connectivity index (χ3n) is 2.61. The van der Waals surface area contributed by atoms with Crippen molar-refractivity contribution >= 4 is 11.9 Å². The molecule has 1 aromatic carbocycles. The number of halogens is 2. The Morgan fingerprint density at radius 2 is 1.86 bits per heavy atom. The molecule has 1 heterocycles. The molecule has 3 N–H and O–H groups in total. The summed E-state index contributed by atoms with van der Waals surface area (Å²) in [5, 5.41) is 7.08. The standard InChI is InChI=1S/C14H15F2N3O3/c1-14(2,3)22-13(21)17-11-10(12(20)19-18-11)7-4-5-8(15)9(16)6-7/h4-6H,1-3H3,(H3,17,18,19,20,21). The Morgan fingerprint density at radius 1 is 1.18 bits per heavy atom. The van der Waals surface area contributed by atoms with E-state index in [1.165, 1.54) is 6.07 Å². The Bertz CT molecular complexity index is 759. The number of ether oxygens (including phenoxy) is 1. The molecule has 0 aliphatic carbocycles. The Hall–Kier alpha value is -2.64. The van der Waals surface area contributed by atoms with Crippen molar-refractivity contribution < 1.29 is 18.3 Å². The lowest BCUT2D eigenvalue weighted by Gasteiger charge is -2.19. The number of carbonyl (C=O) groups excluding carboxylic acids is 1. The average Bonchev–Trinajstić information content (AvgIpc) is 2.72. The number of hydrogen-bond acceptors (Lipinski definition) is 3. The highest BCUT2D eigenvalue weighted by Crippen LogP contribution is 2.24. The first kappa shape index (κ1) is 15.7. The number of aromatic amines is 2. The molecule has 0 bridgehead atoms. The molecule has 0 saturated carbocycles. The highest BCUT2D eigenvalue weighted by Gasteiger charge is 2.20. The summed E-state index contributed by atoms with van der Waals surface area (Å²) in [5.74, 6) is -2.12. The minimum Gasteiger partial charge on any atom is -0.444 e. The molecule has 0 aliphatic heterocycles. The third-order valence-corrected chi connectivity index (χ3v) is 2.61. The van der Waals surface area contributed by atoms with E-state index in [1.807, 2.05) is 0 Å². The second-order valence-electron chi connectivity index (χ2n) is 5.58. The van der Waals surface area contributed by atoms with Gasteiger partial charge in [-0.3, -0.25) is 20.3 Å². The minimum absolute atomic E-state index is 0.00487. The van der Waals surface area contributed by atoms with Gasteiger partial charge in [0.05, 0.1) is 5.56 Å². The highest BCUT2D eigenvalue weighted by molar-refractivity contribution is 5.89. The van der Waals surface area contributed by atoms with Crippen LogP contribution in [0, 0.1) is 11.6 Å². The fraction of sp³-hybridized carbons (Fsp3) is 0.286. The summed E-state index contributed by atoms with van der Waals surface area (Å²) in [6, 6.07) is 3.00. The van der Waals surface area contributed by atoms with Gasteiger partial charge in [0.15, 0.2) is 11.6 Å². The van der Waals surface area contributed by atoms with Gasteiger partial charge in [-0.25, -0.2) is 13.6 Å². The van der Waals surface area contributed by atoms with Gasteiger partial charge in [0.2, 0.25) is 0 Å². The van der Waals surface area contributed by atoms with Crippen LogP contribution < -0.4 is 10.9 Å². The van der Waals surface area contributed by atoms with Crippen LogP contribution in [0.15, 0.2) is 23.0 Å². The van der Waals surface area contributed by atoms with Crippen molar-refractivity contribution in [2.45, 2.75) is 26.4 Å². The number of benzene rings is 1. The normalized spacial score (nSPS) is 11.3. The van der Waals surface area contributed by atoms with E-state index in [1.54, 1.807) is 20.8 Å². The number of aromatic nitrogens is 2. The van der Waals surface area contributed by atoms with Gasteiger partial charge in [0.25, 0.3) is 5.56 Å². The number of nitrogens with one attached hydrogen (secondary N) is 3. The number of rotatable bonds is 2. The molecule has 0 saturated heterocycles. The van der Waals surface area contributed by atoms with Gasteiger partial charge in [-0.05, 0) is 38.5 Å². The van der Waals surface area contributed by atoms with E-state index >= 15 is 0 Å². The molecule has 2 rings (SSSR count). The van der Waals surface area contributed by atoms with Gasteiger partial charge < -0.3 is 4.74 Å². The number of amides is 1. The average molecular weight is 311 g/mol. The molecule has 0 unspecified atom stereocenters. The summed E-state index contributed by atoms with van der Waals surface area (Å²) in [6.45, 7) is 5.05. The lowest BCUT2D eigenvalue weighted by Crippen LogP contribution is -2.27. The molecule has 0 aliphatic rings. The van der Waals surface area contributed by atoms with Crippen LogP contribution in [0.25, 0.3) is 11.1 Å². The van der Waals surface area contributed by atoms with Gasteiger partial charge in [0.1, 0.15) is 11.4 Å². The van der Waals surface area contributed by atoms with E-state index in [2.05, 4.69) is 15.5 Å². The largest absolute Gasteiger partial charge is 0.444 e. The molecule has 0 atom stereocenters. The van der Waals surface area contributed by atoms with Crippen molar-refractivity contribution in [2.24, 2.45) is 0 Å². The van der Waals surface area contributed by atoms with E-state index in [0.29, 0.717) is 0 Å². The van der Waals surface area contributed by atoms with E-state index in [9.17, 15) is 18.4 Å². The van der Waals surface area contributed by atoms with Crippen LogP contribution >= 0.6 is 0 Å². The van der Waals surface area contributed by atoms with E-state index in [0.717, 1.165) is 12.1 Å². The molecule has 8 heteroatoms. The quantitative estimate of drug-likeness (QED) is 0.796. The summed E-state index contributed by atoms with van der Waals surface area (Å²) < 4.78 is 31.4. The second-order valence-corrected chi connectivity index (χ2v) is 5.58. The Balaban J connectivity index is 2.34. The van der Waals surface area contributed by atoms with Crippen molar-refractivity contribution in [1.29, 1.82) is 0 Å². The third kappa shape index (κ3) is 3.51. The van der Waals surface area contributed by atoms with Crippen molar-refractivity contribution in [3.63, 3.8) is 0 Å². The first-order chi connectivity index (χ1) is 10.2. The van der Waals surface area contributed by atoms with E-state index in [4.69, 9.17) is 4.74 Å². The molecule has 1 aromatic heterocycles. The van der Waals surface area contributed by atoms with Gasteiger partial charge >= 0.3 is 6.09 Å². The highest BCUT2D eigenvalue weighted by atomic mass is 19.2. The molecule has 6 nitrogen and oxygen atoms in total. The predicted molar refractivity (Wildman–Crippen MR) is 76.6 cm³/mol. The monoisotopic (exact) mass is 311 g/mol. The number of carbonyl (C=O) groups is 1. The molecule has 0 spiro atoms.